The molecule has 1 spiro atoms. The summed E-state index contributed by atoms with van der Waals surface area (Å²) in [6.45, 7) is 1.80. The number of thioether (sulfide) groups is 1. The standard InChI is InChI=1S/C20H22ClNO6S/c1-9-4-10(22-11-7-29-8-12(11)23)5-15(24)20(9)19(25)16-13(26-2)6-14(27-3)17(21)18(16)28-20/h5-6,9,11-12,22-23H,4,7-8H2,1-3H3. The molecule has 0 aromatic heterocycles. The lowest BCUT2D eigenvalue weighted by Crippen LogP contribution is -2.56. The number of aliphatic hydroxyl groups is 1. The van der Waals surface area contributed by atoms with Crippen molar-refractivity contribution < 1.29 is 28.9 Å². The van der Waals surface area contributed by atoms with Crippen LogP contribution in [0, 0.1) is 5.92 Å². The maximum Gasteiger partial charge on any atom is 0.236 e. The Morgan fingerprint density at radius 3 is 2.59 bits per heavy atom. The van der Waals surface area contributed by atoms with E-state index >= 15 is 0 Å². The first-order valence-corrected chi connectivity index (χ1v) is 10.8. The van der Waals surface area contributed by atoms with E-state index < -0.39 is 29.2 Å². The van der Waals surface area contributed by atoms with Crippen LogP contribution in [0.15, 0.2) is 17.8 Å². The van der Waals surface area contributed by atoms with Crippen LogP contribution in [0.1, 0.15) is 23.7 Å². The topological polar surface area (TPSA) is 94.1 Å². The summed E-state index contributed by atoms with van der Waals surface area (Å²) in [5.41, 5.74) is -0.826. The summed E-state index contributed by atoms with van der Waals surface area (Å²) in [5.74, 6) is 0.738. The first-order valence-electron chi connectivity index (χ1n) is 9.29. The highest BCUT2D eigenvalue weighted by Crippen LogP contribution is 2.52. The quantitative estimate of drug-likeness (QED) is 0.690. The van der Waals surface area contributed by atoms with E-state index in [2.05, 4.69) is 5.32 Å². The van der Waals surface area contributed by atoms with Crippen LogP contribution in [-0.2, 0) is 4.79 Å². The molecule has 4 atom stereocenters. The molecule has 29 heavy (non-hydrogen) atoms. The fraction of sp³-hybridized carbons (Fsp3) is 0.500. The van der Waals surface area contributed by atoms with Crippen molar-refractivity contribution in [2.24, 2.45) is 5.92 Å². The summed E-state index contributed by atoms with van der Waals surface area (Å²) >= 11 is 8.03. The molecule has 1 aromatic rings. The van der Waals surface area contributed by atoms with Crippen molar-refractivity contribution in [1.82, 2.24) is 5.32 Å². The number of methoxy groups -OCH3 is 2. The Bertz CT molecular complexity index is 919. The number of rotatable bonds is 4. The molecule has 2 heterocycles. The molecule has 1 aliphatic carbocycles. The Morgan fingerprint density at radius 2 is 2.00 bits per heavy atom. The van der Waals surface area contributed by atoms with E-state index in [1.165, 1.54) is 26.4 Å². The van der Waals surface area contributed by atoms with Crippen LogP contribution in [-0.4, -0.2) is 60.1 Å². The second-order valence-electron chi connectivity index (χ2n) is 7.46. The summed E-state index contributed by atoms with van der Waals surface area (Å²) in [4.78, 5) is 26.6. The van der Waals surface area contributed by atoms with Crippen molar-refractivity contribution in [3.8, 4) is 17.2 Å². The molecule has 1 fully saturated rings. The Balaban J connectivity index is 1.71. The van der Waals surface area contributed by atoms with Gasteiger partial charge in [-0.15, -0.1) is 0 Å². The van der Waals surface area contributed by atoms with Gasteiger partial charge in [-0.2, -0.15) is 11.8 Å². The van der Waals surface area contributed by atoms with Gasteiger partial charge in [-0.1, -0.05) is 18.5 Å². The number of ether oxygens (including phenoxy) is 3. The van der Waals surface area contributed by atoms with Gasteiger partial charge in [-0.25, -0.2) is 0 Å². The summed E-state index contributed by atoms with van der Waals surface area (Å²) < 4.78 is 16.6. The van der Waals surface area contributed by atoms with E-state index in [0.29, 0.717) is 23.6 Å². The lowest BCUT2D eigenvalue weighted by atomic mass is 9.74. The van der Waals surface area contributed by atoms with Gasteiger partial charge in [0, 0.05) is 35.3 Å². The largest absolute Gasteiger partial charge is 0.496 e. The second-order valence-corrected chi connectivity index (χ2v) is 8.91. The molecule has 0 bridgehead atoms. The van der Waals surface area contributed by atoms with Gasteiger partial charge in [-0.05, 0) is 6.42 Å². The number of hydrogen-bond donors (Lipinski definition) is 2. The number of fused-ring (bicyclic) bond motifs is 1. The third kappa shape index (κ3) is 3.00. The monoisotopic (exact) mass is 439 g/mol. The molecule has 0 amide bonds. The van der Waals surface area contributed by atoms with Gasteiger partial charge in [0.1, 0.15) is 22.1 Å². The van der Waals surface area contributed by atoms with Gasteiger partial charge in [0.25, 0.3) is 0 Å². The minimum Gasteiger partial charge on any atom is -0.496 e. The minimum absolute atomic E-state index is 0.112. The number of aliphatic hydroxyl groups excluding tert-OH is 1. The number of Topliss-reactive ketones (excluding diaryl/α,β-unsaturated/α-hetero) is 1. The van der Waals surface area contributed by atoms with Gasteiger partial charge in [0.2, 0.25) is 17.2 Å². The molecule has 2 aliphatic heterocycles. The smallest absolute Gasteiger partial charge is 0.236 e. The van der Waals surface area contributed by atoms with Crippen LogP contribution in [0.25, 0.3) is 0 Å². The first-order chi connectivity index (χ1) is 13.8. The van der Waals surface area contributed by atoms with Crippen molar-refractivity contribution in [2.45, 2.75) is 31.1 Å². The lowest BCUT2D eigenvalue weighted by molar-refractivity contribution is -0.129. The summed E-state index contributed by atoms with van der Waals surface area (Å²) in [5, 5.41) is 13.4. The fourth-order valence-electron chi connectivity index (χ4n) is 4.15. The van der Waals surface area contributed by atoms with Gasteiger partial charge in [0.15, 0.2) is 5.75 Å². The summed E-state index contributed by atoms with van der Waals surface area (Å²) in [6.07, 6.45) is 1.37. The van der Waals surface area contributed by atoms with Crippen LogP contribution in [0.2, 0.25) is 5.02 Å². The molecule has 4 unspecified atom stereocenters. The Kier molecular flexibility index (Phi) is 5.21. The minimum atomic E-state index is -1.68. The third-order valence-electron chi connectivity index (χ3n) is 5.73. The molecule has 9 heteroatoms. The van der Waals surface area contributed by atoms with Gasteiger partial charge in [0.05, 0.1) is 26.4 Å². The van der Waals surface area contributed by atoms with Crippen molar-refractivity contribution in [3.05, 3.63) is 28.4 Å². The molecular weight excluding hydrogens is 418 g/mol. The highest BCUT2D eigenvalue weighted by atomic mass is 35.5. The molecule has 3 aliphatic rings. The number of benzene rings is 1. The number of halogens is 1. The Morgan fingerprint density at radius 1 is 1.28 bits per heavy atom. The Hall–Kier alpha value is -1.90. The Labute approximate surface area is 177 Å². The van der Waals surface area contributed by atoms with Crippen LogP contribution in [0.4, 0.5) is 0 Å². The van der Waals surface area contributed by atoms with Gasteiger partial charge >= 0.3 is 0 Å². The SMILES string of the molecule is COc1cc(OC)c2c(c1Cl)OC1(C(=O)C=C(NC3CSCC3O)CC1C)C2=O. The van der Waals surface area contributed by atoms with Gasteiger partial charge in [-0.3, -0.25) is 9.59 Å². The zero-order valence-corrected chi connectivity index (χ0v) is 17.9. The van der Waals surface area contributed by atoms with Crippen molar-refractivity contribution in [3.63, 3.8) is 0 Å². The van der Waals surface area contributed by atoms with E-state index in [9.17, 15) is 14.7 Å². The highest BCUT2D eigenvalue weighted by molar-refractivity contribution is 7.99. The molecule has 7 nitrogen and oxygen atoms in total. The maximum atomic E-state index is 13.4. The van der Waals surface area contributed by atoms with E-state index in [1.807, 2.05) is 0 Å². The van der Waals surface area contributed by atoms with E-state index in [1.54, 1.807) is 18.7 Å². The second kappa shape index (κ2) is 7.41. The van der Waals surface area contributed by atoms with Crippen LogP contribution >= 0.6 is 23.4 Å². The molecular formula is C20H22ClNO6S. The average molecular weight is 440 g/mol. The molecule has 1 saturated heterocycles. The van der Waals surface area contributed by atoms with Crippen LogP contribution < -0.4 is 19.5 Å². The van der Waals surface area contributed by atoms with E-state index in [0.717, 1.165) is 5.75 Å². The number of hydrogen-bond acceptors (Lipinski definition) is 8. The molecule has 156 valence electrons. The molecule has 0 saturated carbocycles. The fourth-order valence-corrected chi connectivity index (χ4v) is 5.58. The molecule has 2 N–H and O–H groups in total. The highest BCUT2D eigenvalue weighted by Gasteiger charge is 2.60. The lowest BCUT2D eigenvalue weighted by Gasteiger charge is -2.36. The van der Waals surface area contributed by atoms with Crippen molar-refractivity contribution in [2.75, 3.05) is 25.7 Å². The van der Waals surface area contributed by atoms with Crippen LogP contribution in [0.5, 0.6) is 17.2 Å². The maximum absolute atomic E-state index is 13.4. The van der Waals surface area contributed by atoms with E-state index in [4.69, 9.17) is 25.8 Å². The van der Waals surface area contributed by atoms with E-state index in [-0.39, 0.29) is 28.1 Å². The van der Waals surface area contributed by atoms with Crippen LogP contribution in [0.3, 0.4) is 0 Å². The molecule has 4 rings (SSSR count). The van der Waals surface area contributed by atoms with Gasteiger partial charge < -0.3 is 24.6 Å². The number of carbonyl (C=O) groups excluding carboxylic acids is 2. The normalized spacial score (nSPS) is 30.8. The van der Waals surface area contributed by atoms with Crippen molar-refractivity contribution >= 4 is 34.9 Å². The zero-order valence-electron chi connectivity index (χ0n) is 16.3. The number of ketones is 2. The van der Waals surface area contributed by atoms with Crippen molar-refractivity contribution in [1.29, 1.82) is 0 Å². The molecule has 1 aromatic carbocycles. The number of allylic oxidation sites excluding steroid dienone is 1. The number of carbonyl (C=O) groups is 2. The first kappa shape index (κ1) is 20.4. The zero-order chi connectivity index (χ0) is 20.9. The number of nitrogens with one attached hydrogen (secondary N) is 1. The summed E-state index contributed by atoms with van der Waals surface area (Å²) in [7, 11) is 2.88. The predicted octanol–water partition coefficient (Wildman–Crippen LogP) is 2.23. The third-order valence-corrected chi connectivity index (χ3v) is 7.26. The summed E-state index contributed by atoms with van der Waals surface area (Å²) in [6, 6.07) is 1.40. The average Bonchev–Trinajstić information content (AvgIpc) is 3.23. The molecule has 0 radical (unpaired) electrons. The predicted molar refractivity (Wildman–Crippen MR) is 109 cm³/mol.